The number of rotatable bonds is 2. The van der Waals surface area contributed by atoms with E-state index in [2.05, 4.69) is 53.1 Å². The van der Waals surface area contributed by atoms with Crippen LogP contribution in [0.5, 0.6) is 0 Å². The van der Waals surface area contributed by atoms with Gasteiger partial charge in [-0.25, -0.2) is 0 Å². The van der Waals surface area contributed by atoms with Crippen LogP contribution in [0.1, 0.15) is 0 Å². The van der Waals surface area contributed by atoms with Gasteiger partial charge in [-0.2, -0.15) is 0 Å². The Balaban J connectivity index is 2.18. The zero-order valence-corrected chi connectivity index (χ0v) is 14.4. The van der Waals surface area contributed by atoms with Gasteiger partial charge < -0.3 is 10.4 Å². The Hall–Kier alpha value is -0.430. The van der Waals surface area contributed by atoms with Gasteiger partial charge in [0.15, 0.2) is 4.51 Å². The highest BCUT2D eigenvalue weighted by Gasteiger charge is 2.37. The minimum atomic E-state index is -1.37. The van der Waals surface area contributed by atoms with Crippen molar-refractivity contribution in [2.45, 2.75) is 4.51 Å². The van der Waals surface area contributed by atoms with Crippen LogP contribution in [0.3, 0.4) is 0 Å². The summed E-state index contributed by atoms with van der Waals surface area (Å²) in [6.07, 6.45) is 4.88. The van der Waals surface area contributed by atoms with E-state index in [-0.39, 0.29) is 5.91 Å². The molecule has 0 bridgehead atoms. The number of halogens is 3. The van der Waals surface area contributed by atoms with Crippen molar-refractivity contribution in [3.8, 4) is 0 Å². The highest BCUT2D eigenvalue weighted by molar-refractivity contribution is 9.12. The van der Waals surface area contributed by atoms with Crippen LogP contribution < -0.4 is 5.32 Å². The summed E-state index contributed by atoms with van der Waals surface area (Å²) in [4.78, 5) is 12.2. The molecule has 2 atom stereocenters. The van der Waals surface area contributed by atoms with E-state index in [1.54, 1.807) is 24.3 Å². The van der Waals surface area contributed by atoms with Gasteiger partial charge >= 0.3 is 0 Å². The first-order chi connectivity index (χ1) is 8.88. The molecule has 1 aliphatic rings. The molecular weight excluding hydrogens is 442 g/mol. The van der Waals surface area contributed by atoms with Crippen LogP contribution in [0.2, 0.25) is 0 Å². The largest absolute Gasteiger partial charge is 0.374 e. The monoisotopic (exact) mass is 449 g/mol. The molecule has 2 N–H and O–H groups in total. The van der Waals surface area contributed by atoms with Gasteiger partial charge in [0.25, 0.3) is 0 Å². The van der Waals surface area contributed by atoms with Gasteiger partial charge in [0.1, 0.15) is 5.92 Å². The Kier molecular flexibility index (Phi) is 4.66. The summed E-state index contributed by atoms with van der Waals surface area (Å²) in [7, 11) is 0. The maximum Gasteiger partial charge on any atom is 0.235 e. The second-order valence-electron chi connectivity index (χ2n) is 4.09. The molecule has 19 heavy (non-hydrogen) atoms. The van der Waals surface area contributed by atoms with Gasteiger partial charge in [-0.3, -0.25) is 4.79 Å². The highest BCUT2D eigenvalue weighted by atomic mass is 79.9. The molecular formula is C13H10Br3NO2. The van der Waals surface area contributed by atoms with Crippen LogP contribution in [-0.4, -0.2) is 15.5 Å². The van der Waals surface area contributed by atoms with Crippen molar-refractivity contribution in [1.29, 1.82) is 0 Å². The van der Waals surface area contributed by atoms with Crippen LogP contribution in [0.25, 0.3) is 0 Å². The number of carbonyl (C=O) groups is 1. The molecule has 0 aliphatic heterocycles. The zero-order chi connectivity index (χ0) is 14.0. The van der Waals surface area contributed by atoms with Crippen LogP contribution in [-0.2, 0) is 4.79 Å². The number of carbonyl (C=O) groups excluding carboxylic acids is 1. The van der Waals surface area contributed by atoms with E-state index < -0.39 is 10.4 Å². The number of allylic oxidation sites excluding steroid dienone is 2. The number of hydrogen-bond donors (Lipinski definition) is 2. The van der Waals surface area contributed by atoms with Crippen LogP contribution in [0.4, 0.5) is 5.69 Å². The summed E-state index contributed by atoms with van der Waals surface area (Å²) >= 11 is 9.79. The van der Waals surface area contributed by atoms with Gasteiger partial charge in [-0.1, -0.05) is 44.0 Å². The topological polar surface area (TPSA) is 49.3 Å². The quantitative estimate of drug-likeness (QED) is 0.669. The molecule has 1 aromatic rings. The van der Waals surface area contributed by atoms with Crippen LogP contribution in [0.15, 0.2) is 51.4 Å². The molecule has 1 amide bonds. The molecule has 0 spiro atoms. The smallest absolute Gasteiger partial charge is 0.235 e. The predicted molar refractivity (Wildman–Crippen MR) is 86.3 cm³/mol. The van der Waals surface area contributed by atoms with Crippen molar-refractivity contribution in [2.75, 3.05) is 5.32 Å². The van der Waals surface area contributed by atoms with E-state index in [0.29, 0.717) is 5.69 Å². The predicted octanol–water partition coefficient (Wildman–Crippen LogP) is 3.94. The van der Waals surface area contributed by atoms with E-state index in [0.717, 1.165) is 8.96 Å². The molecule has 100 valence electrons. The summed E-state index contributed by atoms with van der Waals surface area (Å²) in [5.41, 5.74) is 0.668. The van der Waals surface area contributed by atoms with Gasteiger partial charge in [0.05, 0.1) is 0 Å². The number of amides is 1. The van der Waals surface area contributed by atoms with Crippen molar-refractivity contribution in [3.63, 3.8) is 0 Å². The maximum atomic E-state index is 12.2. The molecule has 0 heterocycles. The number of anilines is 1. The minimum Gasteiger partial charge on any atom is -0.374 e. The fourth-order valence-corrected chi connectivity index (χ4v) is 2.95. The summed E-state index contributed by atoms with van der Waals surface area (Å²) in [6.45, 7) is 0. The van der Waals surface area contributed by atoms with E-state index >= 15 is 0 Å². The molecule has 2 rings (SSSR count). The number of aliphatic hydroxyl groups is 1. The molecule has 0 saturated heterocycles. The summed E-state index contributed by atoms with van der Waals surface area (Å²) in [6, 6.07) is 7.28. The Morgan fingerprint density at radius 3 is 2.79 bits per heavy atom. The van der Waals surface area contributed by atoms with Gasteiger partial charge in [0, 0.05) is 14.6 Å². The third-order valence-electron chi connectivity index (χ3n) is 2.61. The van der Waals surface area contributed by atoms with Crippen molar-refractivity contribution in [3.05, 3.63) is 51.4 Å². The standard InChI is InChI=1S/C13H10Br3NO2/c14-8-2-1-3-10(6-8)17-12(18)11-7-9(15)4-5-13(11,16)19/h1-7,11,19H,(H,17,18). The Bertz CT molecular complexity index is 567. The second-order valence-corrected chi connectivity index (χ2v) is 7.19. The third kappa shape index (κ3) is 3.78. The zero-order valence-electron chi connectivity index (χ0n) is 9.61. The molecule has 1 aromatic carbocycles. The second kappa shape index (κ2) is 5.91. The molecule has 6 heteroatoms. The Labute approximate surface area is 136 Å². The van der Waals surface area contributed by atoms with Gasteiger partial charge in [-0.05, 0) is 46.3 Å². The first-order valence-corrected chi connectivity index (χ1v) is 7.81. The van der Waals surface area contributed by atoms with E-state index in [1.165, 1.54) is 6.08 Å². The lowest BCUT2D eigenvalue weighted by molar-refractivity contribution is -0.121. The molecule has 2 unspecified atom stereocenters. The van der Waals surface area contributed by atoms with E-state index in [4.69, 9.17) is 0 Å². The maximum absolute atomic E-state index is 12.2. The fraction of sp³-hybridized carbons (Fsp3) is 0.154. The first kappa shape index (κ1) is 15.0. The van der Waals surface area contributed by atoms with E-state index in [1.807, 2.05) is 12.1 Å². The van der Waals surface area contributed by atoms with Gasteiger partial charge in [-0.15, -0.1) is 0 Å². The molecule has 0 aromatic heterocycles. The third-order valence-corrected chi connectivity index (χ3v) is 4.39. The average molecular weight is 452 g/mol. The first-order valence-electron chi connectivity index (χ1n) is 5.43. The van der Waals surface area contributed by atoms with E-state index in [9.17, 15) is 9.90 Å². The van der Waals surface area contributed by atoms with Gasteiger partial charge in [0.2, 0.25) is 5.91 Å². The molecule has 0 radical (unpaired) electrons. The Morgan fingerprint density at radius 2 is 2.11 bits per heavy atom. The normalized spacial score (nSPS) is 25.9. The molecule has 0 fully saturated rings. The number of alkyl halides is 1. The summed E-state index contributed by atoms with van der Waals surface area (Å²) in [5, 5.41) is 12.9. The highest BCUT2D eigenvalue weighted by Crippen LogP contribution is 2.35. The molecule has 3 nitrogen and oxygen atoms in total. The summed E-state index contributed by atoms with van der Waals surface area (Å²) < 4.78 is 0.256. The molecule has 0 saturated carbocycles. The number of hydrogen-bond acceptors (Lipinski definition) is 2. The van der Waals surface area contributed by atoms with Crippen LogP contribution in [0, 0.1) is 5.92 Å². The lowest BCUT2D eigenvalue weighted by Gasteiger charge is -2.27. The van der Waals surface area contributed by atoms with Crippen molar-refractivity contribution >= 4 is 59.4 Å². The summed E-state index contributed by atoms with van der Waals surface area (Å²) in [5.74, 6) is -1.01. The average Bonchev–Trinajstić information content (AvgIpc) is 2.32. The number of benzene rings is 1. The Morgan fingerprint density at radius 1 is 1.37 bits per heavy atom. The molecule has 1 aliphatic carbocycles. The lowest BCUT2D eigenvalue weighted by atomic mass is 9.96. The lowest BCUT2D eigenvalue weighted by Crippen LogP contribution is -2.38. The fourth-order valence-electron chi connectivity index (χ4n) is 1.68. The van der Waals surface area contributed by atoms with Crippen LogP contribution >= 0.6 is 47.8 Å². The minimum absolute atomic E-state index is 0.293. The SMILES string of the molecule is O=C(Nc1cccc(Br)c1)C1C=C(Br)C=CC1(O)Br. The van der Waals surface area contributed by atoms with Crippen molar-refractivity contribution in [2.24, 2.45) is 5.92 Å². The van der Waals surface area contributed by atoms with Crippen molar-refractivity contribution in [1.82, 2.24) is 0 Å². The number of nitrogens with one attached hydrogen (secondary N) is 1. The van der Waals surface area contributed by atoms with Crippen molar-refractivity contribution < 1.29 is 9.90 Å².